The van der Waals surface area contributed by atoms with Crippen molar-refractivity contribution in [2.45, 2.75) is 0 Å². The molecule has 0 atom stereocenters. The van der Waals surface area contributed by atoms with E-state index in [2.05, 4.69) is 133 Å². The van der Waals surface area contributed by atoms with Gasteiger partial charge >= 0.3 is 0 Å². The lowest BCUT2D eigenvalue weighted by Gasteiger charge is -2.13. The van der Waals surface area contributed by atoms with E-state index in [0.717, 1.165) is 27.7 Å². The van der Waals surface area contributed by atoms with Crippen molar-refractivity contribution < 1.29 is 4.42 Å². The van der Waals surface area contributed by atoms with Crippen LogP contribution in [-0.2, 0) is 0 Å². The standard InChI is InChI=1S/C45H25NO/c46-26-27-9-11-28(12-10-27)30-13-14-32-22-33(16-15-31(32)21-30)34-17-19-38-39(23-34)36-7-3-4-8-37(36)40-24-42-44(25-41(38)40)47-43-20-18-29-5-1-2-6-35(29)45(42)43/h1-25H. The molecule has 1 heterocycles. The summed E-state index contributed by atoms with van der Waals surface area (Å²) in [6, 6.07) is 56.3. The van der Waals surface area contributed by atoms with Gasteiger partial charge in [-0.05, 0) is 125 Å². The van der Waals surface area contributed by atoms with E-state index in [1.165, 1.54) is 70.4 Å². The quantitative estimate of drug-likeness (QED) is 0.186. The highest BCUT2D eigenvalue weighted by Crippen LogP contribution is 2.42. The van der Waals surface area contributed by atoms with Gasteiger partial charge in [-0.15, -0.1) is 0 Å². The molecule has 2 nitrogen and oxygen atoms in total. The lowest BCUT2D eigenvalue weighted by molar-refractivity contribution is 0.670. The van der Waals surface area contributed by atoms with Gasteiger partial charge in [0.25, 0.3) is 0 Å². The predicted molar refractivity (Wildman–Crippen MR) is 197 cm³/mol. The van der Waals surface area contributed by atoms with Crippen molar-refractivity contribution in [3.63, 3.8) is 0 Å². The minimum absolute atomic E-state index is 0.673. The molecule has 10 aromatic rings. The molecule has 0 N–H and O–H groups in total. The van der Waals surface area contributed by atoms with Gasteiger partial charge in [-0.25, -0.2) is 0 Å². The molecule has 1 aromatic heterocycles. The van der Waals surface area contributed by atoms with Gasteiger partial charge in [0.1, 0.15) is 11.2 Å². The minimum Gasteiger partial charge on any atom is -0.456 e. The number of nitrogens with zero attached hydrogens (tertiary/aromatic N) is 1. The summed E-state index contributed by atoms with van der Waals surface area (Å²) in [6.45, 7) is 0. The monoisotopic (exact) mass is 595 g/mol. The summed E-state index contributed by atoms with van der Waals surface area (Å²) in [4.78, 5) is 0. The molecule has 0 spiro atoms. The summed E-state index contributed by atoms with van der Waals surface area (Å²) >= 11 is 0. The van der Waals surface area contributed by atoms with Crippen LogP contribution in [-0.4, -0.2) is 0 Å². The summed E-state index contributed by atoms with van der Waals surface area (Å²) in [5.74, 6) is 0. The molecule has 0 aliphatic heterocycles. The Kier molecular flexibility index (Phi) is 5.38. The molecule has 0 aliphatic carbocycles. The smallest absolute Gasteiger partial charge is 0.136 e. The largest absolute Gasteiger partial charge is 0.456 e. The molecule has 9 aromatic carbocycles. The molecule has 0 fully saturated rings. The van der Waals surface area contributed by atoms with E-state index < -0.39 is 0 Å². The van der Waals surface area contributed by atoms with Crippen LogP contribution in [0.15, 0.2) is 156 Å². The van der Waals surface area contributed by atoms with Gasteiger partial charge in [0.2, 0.25) is 0 Å². The SMILES string of the molecule is N#Cc1ccc(-c2ccc3cc(-c4ccc5c(c4)c4ccccc4c4cc6c(cc54)oc4ccc5ccccc5c46)ccc3c2)cc1. The predicted octanol–water partition coefficient (Wildman–Crippen LogP) is 12.6. The summed E-state index contributed by atoms with van der Waals surface area (Å²) in [5.41, 5.74) is 7.14. The van der Waals surface area contributed by atoms with E-state index in [-0.39, 0.29) is 0 Å². The summed E-state index contributed by atoms with van der Waals surface area (Å²) in [7, 11) is 0. The Morgan fingerprint density at radius 1 is 0.362 bits per heavy atom. The van der Waals surface area contributed by atoms with Crippen molar-refractivity contribution in [3.8, 4) is 28.3 Å². The second kappa shape index (κ2) is 9.78. The highest BCUT2D eigenvalue weighted by molar-refractivity contribution is 6.30. The lowest BCUT2D eigenvalue weighted by Crippen LogP contribution is -1.86. The third-order valence-electron chi connectivity index (χ3n) is 9.84. The number of rotatable bonds is 2. The first-order valence-electron chi connectivity index (χ1n) is 15.9. The third kappa shape index (κ3) is 3.91. The third-order valence-corrected chi connectivity index (χ3v) is 9.84. The van der Waals surface area contributed by atoms with Gasteiger partial charge in [0.05, 0.1) is 11.6 Å². The number of nitriles is 1. The number of furan rings is 1. The second-order valence-electron chi connectivity index (χ2n) is 12.4. The van der Waals surface area contributed by atoms with E-state index in [9.17, 15) is 0 Å². The number of fused-ring (bicyclic) bond motifs is 12. The molecule has 216 valence electrons. The van der Waals surface area contributed by atoms with Crippen molar-refractivity contribution in [2.75, 3.05) is 0 Å². The fourth-order valence-electron chi connectivity index (χ4n) is 7.51. The van der Waals surface area contributed by atoms with Crippen molar-refractivity contribution in [1.82, 2.24) is 0 Å². The molecule has 0 aliphatic rings. The first kappa shape index (κ1) is 25.9. The van der Waals surface area contributed by atoms with Crippen LogP contribution in [0.25, 0.3) is 98.1 Å². The normalized spacial score (nSPS) is 11.8. The zero-order chi connectivity index (χ0) is 31.1. The molecule has 2 heteroatoms. The van der Waals surface area contributed by atoms with Gasteiger partial charge in [-0.2, -0.15) is 5.26 Å². The average molecular weight is 596 g/mol. The molecule has 0 radical (unpaired) electrons. The topological polar surface area (TPSA) is 36.9 Å². The molecule has 0 saturated carbocycles. The Balaban J connectivity index is 1.15. The summed E-state index contributed by atoms with van der Waals surface area (Å²) in [5, 5.41) is 23.7. The van der Waals surface area contributed by atoms with Crippen LogP contribution >= 0.6 is 0 Å². The average Bonchev–Trinajstić information content (AvgIpc) is 3.52. The minimum atomic E-state index is 0.673. The maximum atomic E-state index is 9.16. The van der Waals surface area contributed by atoms with Crippen LogP contribution in [0, 0.1) is 11.3 Å². The maximum Gasteiger partial charge on any atom is 0.136 e. The van der Waals surface area contributed by atoms with Crippen LogP contribution in [0.3, 0.4) is 0 Å². The van der Waals surface area contributed by atoms with E-state index in [1.54, 1.807) is 0 Å². The number of benzene rings is 9. The number of hydrogen-bond acceptors (Lipinski definition) is 2. The Bertz CT molecular complexity index is 2960. The Morgan fingerprint density at radius 2 is 0.915 bits per heavy atom. The Hall–Kier alpha value is -6.43. The summed E-state index contributed by atoms with van der Waals surface area (Å²) < 4.78 is 6.50. The van der Waals surface area contributed by atoms with Crippen LogP contribution in [0.4, 0.5) is 0 Å². The van der Waals surface area contributed by atoms with E-state index in [0.29, 0.717) is 5.56 Å². The van der Waals surface area contributed by atoms with Gasteiger partial charge < -0.3 is 4.42 Å². The molecule has 47 heavy (non-hydrogen) atoms. The highest BCUT2D eigenvalue weighted by Gasteiger charge is 2.16. The Morgan fingerprint density at radius 3 is 1.66 bits per heavy atom. The van der Waals surface area contributed by atoms with Gasteiger partial charge in [0, 0.05) is 10.8 Å². The van der Waals surface area contributed by atoms with Crippen LogP contribution in [0.2, 0.25) is 0 Å². The van der Waals surface area contributed by atoms with Crippen LogP contribution < -0.4 is 0 Å². The molecule has 0 unspecified atom stereocenters. The number of hydrogen-bond donors (Lipinski definition) is 0. The maximum absolute atomic E-state index is 9.16. The van der Waals surface area contributed by atoms with Crippen molar-refractivity contribution >= 4 is 75.8 Å². The zero-order valence-corrected chi connectivity index (χ0v) is 25.3. The van der Waals surface area contributed by atoms with Gasteiger partial charge in [-0.3, -0.25) is 0 Å². The van der Waals surface area contributed by atoms with E-state index >= 15 is 0 Å². The van der Waals surface area contributed by atoms with Crippen molar-refractivity contribution in [2.24, 2.45) is 0 Å². The van der Waals surface area contributed by atoms with E-state index in [1.807, 2.05) is 24.3 Å². The van der Waals surface area contributed by atoms with Crippen molar-refractivity contribution in [1.29, 1.82) is 5.26 Å². The Labute approximate surface area is 270 Å². The van der Waals surface area contributed by atoms with Crippen molar-refractivity contribution in [3.05, 3.63) is 157 Å². The molecule has 10 rings (SSSR count). The van der Waals surface area contributed by atoms with Gasteiger partial charge in [0.15, 0.2) is 0 Å². The second-order valence-corrected chi connectivity index (χ2v) is 12.4. The summed E-state index contributed by atoms with van der Waals surface area (Å²) in [6.07, 6.45) is 0. The molecular weight excluding hydrogens is 571 g/mol. The fourth-order valence-corrected chi connectivity index (χ4v) is 7.51. The molecule has 0 saturated heterocycles. The lowest BCUT2D eigenvalue weighted by atomic mass is 9.90. The molecular formula is C45H25NO. The first-order valence-corrected chi connectivity index (χ1v) is 15.9. The highest BCUT2D eigenvalue weighted by atomic mass is 16.3. The molecule has 0 amide bonds. The first-order chi connectivity index (χ1) is 23.2. The zero-order valence-electron chi connectivity index (χ0n) is 25.3. The van der Waals surface area contributed by atoms with Gasteiger partial charge in [-0.1, -0.05) is 103 Å². The molecule has 0 bridgehead atoms. The van der Waals surface area contributed by atoms with Crippen LogP contribution in [0.1, 0.15) is 5.56 Å². The fraction of sp³-hybridized carbons (Fsp3) is 0. The van der Waals surface area contributed by atoms with Crippen LogP contribution in [0.5, 0.6) is 0 Å². The van der Waals surface area contributed by atoms with E-state index in [4.69, 9.17) is 9.68 Å².